The van der Waals surface area contributed by atoms with Crippen molar-refractivity contribution < 1.29 is 14.7 Å². The molecule has 3 aromatic carbocycles. The summed E-state index contributed by atoms with van der Waals surface area (Å²) in [6, 6.07) is 21.6. The Bertz CT molecular complexity index is 1180. The van der Waals surface area contributed by atoms with Gasteiger partial charge in [-0.1, -0.05) is 54.6 Å². The van der Waals surface area contributed by atoms with Gasteiger partial charge < -0.3 is 9.67 Å². The van der Waals surface area contributed by atoms with Crippen LogP contribution in [-0.2, 0) is 6.54 Å². The molecule has 138 valence electrons. The monoisotopic (exact) mass is 370 g/mol. The van der Waals surface area contributed by atoms with Gasteiger partial charge in [0.25, 0.3) is 0 Å². The molecule has 0 aliphatic carbocycles. The Kier molecular flexibility index (Phi) is 4.49. The summed E-state index contributed by atoms with van der Waals surface area (Å²) in [6.45, 7) is 2.44. The lowest BCUT2D eigenvalue weighted by molar-refractivity contribution is 0.0697. The van der Waals surface area contributed by atoms with Crippen molar-refractivity contribution in [1.82, 2.24) is 9.55 Å². The quantitative estimate of drug-likeness (QED) is 0.531. The second-order valence-electron chi connectivity index (χ2n) is 6.65. The number of benzene rings is 3. The highest BCUT2D eigenvalue weighted by atomic mass is 16.4. The van der Waals surface area contributed by atoms with Gasteiger partial charge in [0.1, 0.15) is 5.82 Å². The highest BCUT2D eigenvalue weighted by Crippen LogP contribution is 2.20. The average Bonchev–Trinajstić information content (AvgIpc) is 3.03. The van der Waals surface area contributed by atoms with Crippen LogP contribution in [0.1, 0.15) is 37.7 Å². The zero-order valence-corrected chi connectivity index (χ0v) is 15.3. The third-order valence-corrected chi connectivity index (χ3v) is 4.78. The molecule has 0 radical (unpaired) electrons. The van der Waals surface area contributed by atoms with Crippen molar-refractivity contribution in [2.75, 3.05) is 0 Å². The van der Waals surface area contributed by atoms with E-state index in [1.165, 1.54) is 0 Å². The van der Waals surface area contributed by atoms with Crippen molar-refractivity contribution in [1.29, 1.82) is 0 Å². The molecule has 4 aromatic rings. The predicted octanol–water partition coefficient (Wildman–Crippen LogP) is 4.32. The van der Waals surface area contributed by atoms with E-state index < -0.39 is 5.97 Å². The normalized spacial score (nSPS) is 10.9. The van der Waals surface area contributed by atoms with Gasteiger partial charge in [0, 0.05) is 17.7 Å². The van der Waals surface area contributed by atoms with Crippen LogP contribution in [0.4, 0.5) is 0 Å². The number of carboxylic acids is 1. The Morgan fingerprint density at radius 2 is 1.54 bits per heavy atom. The number of hydrogen-bond acceptors (Lipinski definition) is 3. The molecule has 1 N–H and O–H groups in total. The van der Waals surface area contributed by atoms with E-state index in [2.05, 4.69) is 4.98 Å². The van der Waals surface area contributed by atoms with Crippen LogP contribution in [0.5, 0.6) is 0 Å². The maximum atomic E-state index is 12.5. The maximum absolute atomic E-state index is 12.5. The van der Waals surface area contributed by atoms with Gasteiger partial charge in [-0.05, 0) is 30.7 Å². The lowest BCUT2D eigenvalue weighted by atomic mass is 10.0. The molecule has 0 aliphatic rings. The molecular formula is C23H18N2O3. The van der Waals surface area contributed by atoms with Gasteiger partial charge in [0.15, 0.2) is 5.78 Å². The van der Waals surface area contributed by atoms with Gasteiger partial charge in [0.05, 0.1) is 16.6 Å². The number of fused-ring (bicyclic) bond motifs is 1. The highest BCUT2D eigenvalue weighted by molar-refractivity contribution is 6.08. The van der Waals surface area contributed by atoms with Crippen molar-refractivity contribution in [3.05, 3.63) is 101 Å². The third kappa shape index (κ3) is 3.30. The van der Waals surface area contributed by atoms with E-state index in [4.69, 9.17) is 0 Å². The minimum absolute atomic E-state index is 0.0116. The molecule has 0 saturated carbocycles. The highest BCUT2D eigenvalue weighted by Gasteiger charge is 2.12. The van der Waals surface area contributed by atoms with Crippen molar-refractivity contribution in [3.63, 3.8) is 0 Å². The van der Waals surface area contributed by atoms with Crippen LogP contribution in [0.3, 0.4) is 0 Å². The van der Waals surface area contributed by atoms with Crippen molar-refractivity contribution >= 4 is 22.8 Å². The first-order valence-corrected chi connectivity index (χ1v) is 8.92. The molecule has 1 aromatic heterocycles. The lowest BCUT2D eigenvalue weighted by Gasteiger charge is -2.09. The Balaban J connectivity index is 1.63. The second-order valence-corrected chi connectivity index (χ2v) is 6.65. The van der Waals surface area contributed by atoms with Crippen LogP contribution in [0, 0.1) is 6.92 Å². The molecule has 5 heteroatoms. The number of carboxylic acid groups (broad SMARTS) is 1. The molecule has 0 aliphatic heterocycles. The Labute approximate surface area is 161 Å². The van der Waals surface area contributed by atoms with Gasteiger partial charge in [-0.15, -0.1) is 0 Å². The van der Waals surface area contributed by atoms with Crippen LogP contribution in [0.15, 0.2) is 72.8 Å². The number of imidazole rings is 1. The van der Waals surface area contributed by atoms with Crippen molar-refractivity contribution in [2.24, 2.45) is 0 Å². The van der Waals surface area contributed by atoms with Gasteiger partial charge in [0.2, 0.25) is 0 Å². The van der Waals surface area contributed by atoms with Crippen LogP contribution < -0.4 is 0 Å². The van der Waals surface area contributed by atoms with Crippen LogP contribution in [0.2, 0.25) is 0 Å². The standard InChI is InChI=1S/C23H18N2O3/c1-15-24-20-12-11-19(23(27)28)13-21(20)25(15)14-16-7-9-18(10-8-16)22(26)17-5-3-2-4-6-17/h2-13H,14H2,1H3,(H,27,28). The molecule has 28 heavy (non-hydrogen) atoms. The summed E-state index contributed by atoms with van der Waals surface area (Å²) < 4.78 is 1.98. The Hall–Kier alpha value is -3.73. The number of aromatic carboxylic acids is 1. The van der Waals surface area contributed by atoms with Crippen LogP contribution in [-0.4, -0.2) is 26.4 Å². The molecule has 0 bridgehead atoms. The van der Waals surface area contributed by atoms with Crippen molar-refractivity contribution in [2.45, 2.75) is 13.5 Å². The molecule has 0 fully saturated rings. The van der Waals surface area contributed by atoms with Crippen molar-refractivity contribution in [3.8, 4) is 0 Å². The molecule has 0 saturated heterocycles. The average molecular weight is 370 g/mol. The van der Waals surface area contributed by atoms with Crippen LogP contribution >= 0.6 is 0 Å². The van der Waals surface area contributed by atoms with Crippen LogP contribution in [0.25, 0.3) is 11.0 Å². The maximum Gasteiger partial charge on any atom is 0.335 e. The Morgan fingerprint density at radius 1 is 0.893 bits per heavy atom. The molecule has 0 spiro atoms. The van der Waals surface area contributed by atoms with Gasteiger partial charge in [-0.2, -0.15) is 0 Å². The number of hydrogen-bond donors (Lipinski definition) is 1. The van der Waals surface area contributed by atoms with Gasteiger partial charge in [-0.25, -0.2) is 9.78 Å². The van der Waals surface area contributed by atoms with E-state index in [0.29, 0.717) is 17.7 Å². The van der Waals surface area contributed by atoms with Gasteiger partial charge in [-0.3, -0.25) is 4.79 Å². The molecule has 0 unspecified atom stereocenters. The second kappa shape index (κ2) is 7.12. The molecule has 4 rings (SSSR count). The largest absolute Gasteiger partial charge is 0.478 e. The van der Waals surface area contributed by atoms with E-state index in [0.717, 1.165) is 22.4 Å². The topological polar surface area (TPSA) is 72.2 Å². The number of carbonyl (C=O) groups is 2. The fraction of sp³-hybridized carbons (Fsp3) is 0.0870. The summed E-state index contributed by atoms with van der Waals surface area (Å²) in [7, 11) is 0. The molecule has 0 amide bonds. The zero-order valence-electron chi connectivity index (χ0n) is 15.3. The summed E-state index contributed by atoms with van der Waals surface area (Å²) >= 11 is 0. The number of carbonyl (C=O) groups excluding carboxylic acids is 1. The number of rotatable bonds is 5. The van der Waals surface area contributed by atoms with Gasteiger partial charge >= 0.3 is 5.97 Å². The summed E-state index contributed by atoms with van der Waals surface area (Å²) in [5.74, 6) is -0.166. The Morgan fingerprint density at radius 3 is 2.21 bits per heavy atom. The molecular weight excluding hydrogens is 352 g/mol. The summed E-state index contributed by atoms with van der Waals surface area (Å²) in [6.07, 6.45) is 0. The lowest BCUT2D eigenvalue weighted by Crippen LogP contribution is -2.05. The first-order chi connectivity index (χ1) is 13.5. The number of nitrogens with zero attached hydrogens (tertiary/aromatic N) is 2. The van der Waals surface area contributed by atoms with E-state index in [-0.39, 0.29) is 11.3 Å². The summed E-state index contributed by atoms with van der Waals surface area (Å²) in [4.78, 5) is 28.3. The summed E-state index contributed by atoms with van der Waals surface area (Å²) in [5, 5.41) is 9.25. The molecule has 0 atom stereocenters. The smallest absolute Gasteiger partial charge is 0.335 e. The minimum atomic E-state index is -0.962. The molecule has 5 nitrogen and oxygen atoms in total. The molecule has 1 heterocycles. The number of aryl methyl sites for hydroxylation is 1. The van der Waals surface area contributed by atoms with E-state index in [1.807, 2.05) is 54.0 Å². The first-order valence-electron chi connectivity index (χ1n) is 8.92. The summed E-state index contributed by atoms with van der Waals surface area (Å²) in [5.41, 5.74) is 4.08. The van der Waals surface area contributed by atoms with E-state index in [9.17, 15) is 14.7 Å². The zero-order chi connectivity index (χ0) is 19.7. The fourth-order valence-electron chi connectivity index (χ4n) is 3.28. The number of aromatic nitrogens is 2. The predicted molar refractivity (Wildman–Crippen MR) is 107 cm³/mol. The van der Waals surface area contributed by atoms with E-state index in [1.54, 1.807) is 30.3 Å². The third-order valence-electron chi connectivity index (χ3n) is 4.78. The fourth-order valence-corrected chi connectivity index (χ4v) is 3.28. The first kappa shape index (κ1) is 17.7. The van der Waals surface area contributed by atoms with E-state index >= 15 is 0 Å². The number of ketones is 1. The SMILES string of the molecule is Cc1nc2ccc(C(=O)O)cc2n1Cc1ccc(C(=O)c2ccccc2)cc1. The minimum Gasteiger partial charge on any atom is -0.478 e.